The highest BCUT2D eigenvalue weighted by Crippen LogP contribution is 2.11. The van der Waals surface area contributed by atoms with Gasteiger partial charge in [-0.1, -0.05) is 0 Å². The van der Waals surface area contributed by atoms with Crippen molar-refractivity contribution >= 4 is 11.2 Å². The topological polar surface area (TPSA) is 43.3 Å². The molecule has 3 nitrogen and oxygen atoms in total. The Morgan fingerprint density at radius 2 is 2.36 bits per heavy atom. The van der Waals surface area contributed by atoms with Crippen molar-refractivity contribution < 1.29 is 0 Å². The predicted molar refractivity (Wildman–Crippen MR) is 44.3 cm³/mol. The minimum atomic E-state index is 0.779. The van der Waals surface area contributed by atoms with Gasteiger partial charge >= 0.3 is 0 Å². The summed E-state index contributed by atoms with van der Waals surface area (Å²) in [5.41, 5.74) is 8.48. The van der Waals surface area contributed by atoms with E-state index < -0.39 is 0 Å². The lowest BCUT2D eigenvalue weighted by atomic mass is 10.3. The van der Waals surface area contributed by atoms with Crippen LogP contribution in [0, 0.1) is 6.92 Å². The lowest BCUT2D eigenvalue weighted by Crippen LogP contribution is -1.87. The van der Waals surface area contributed by atoms with Gasteiger partial charge in [-0.2, -0.15) is 0 Å². The van der Waals surface area contributed by atoms with E-state index in [2.05, 4.69) is 4.98 Å². The molecular weight excluding hydrogens is 138 g/mol. The minimum absolute atomic E-state index is 0.779. The van der Waals surface area contributed by atoms with Crippen LogP contribution in [0.3, 0.4) is 0 Å². The van der Waals surface area contributed by atoms with Crippen molar-refractivity contribution in [3.63, 3.8) is 0 Å². The third-order valence-corrected chi connectivity index (χ3v) is 1.76. The number of imidazole rings is 1. The number of nitrogen functional groups attached to an aromatic ring is 1. The molecule has 0 aliphatic carbocycles. The van der Waals surface area contributed by atoms with Crippen LogP contribution >= 0.6 is 0 Å². The van der Waals surface area contributed by atoms with Gasteiger partial charge in [0.15, 0.2) is 0 Å². The first-order valence-electron chi connectivity index (χ1n) is 3.46. The van der Waals surface area contributed by atoms with Crippen LogP contribution in [0.5, 0.6) is 0 Å². The van der Waals surface area contributed by atoms with E-state index in [9.17, 15) is 0 Å². The molecule has 56 valence electrons. The number of aromatic nitrogens is 2. The second kappa shape index (κ2) is 1.99. The largest absolute Gasteiger partial charge is 0.399 e. The molecule has 0 saturated carbocycles. The lowest BCUT2D eigenvalue weighted by Gasteiger charge is -1.95. The summed E-state index contributed by atoms with van der Waals surface area (Å²) < 4.78 is 1.95. The Morgan fingerprint density at radius 1 is 1.55 bits per heavy atom. The van der Waals surface area contributed by atoms with Crippen molar-refractivity contribution in [2.24, 2.45) is 0 Å². The van der Waals surface area contributed by atoms with Crippen molar-refractivity contribution in [3.8, 4) is 0 Å². The second-order valence-electron chi connectivity index (χ2n) is 2.58. The van der Waals surface area contributed by atoms with E-state index in [1.54, 1.807) is 6.33 Å². The third-order valence-electron chi connectivity index (χ3n) is 1.76. The van der Waals surface area contributed by atoms with E-state index in [0.29, 0.717) is 0 Å². The van der Waals surface area contributed by atoms with Crippen molar-refractivity contribution in [2.75, 3.05) is 5.73 Å². The highest BCUT2D eigenvalue weighted by Gasteiger charge is 1.97. The van der Waals surface area contributed by atoms with Crippen LogP contribution in [0.1, 0.15) is 5.69 Å². The molecule has 0 aromatic carbocycles. The molecule has 0 aliphatic rings. The molecular formula is C8H9N3. The van der Waals surface area contributed by atoms with Crippen LogP contribution in [0.15, 0.2) is 24.7 Å². The summed E-state index contributed by atoms with van der Waals surface area (Å²) in [6.07, 6.45) is 3.69. The van der Waals surface area contributed by atoms with Gasteiger partial charge in [-0.15, -0.1) is 0 Å². The minimum Gasteiger partial charge on any atom is -0.399 e. The average molecular weight is 147 g/mol. The Labute approximate surface area is 64.5 Å². The van der Waals surface area contributed by atoms with E-state index in [4.69, 9.17) is 5.73 Å². The van der Waals surface area contributed by atoms with E-state index in [-0.39, 0.29) is 0 Å². The van der Waals surface area contributed by atoms with Crippen LogP contribution < -0.4 is 5.73 Å². The maximum absolute atomic E-state index is 5.61. The molecule has 2 heterocycles. The Morgan fingerprint density at radius 3 is 3.18 bits per heavy atom. The van der Waals surface area contributed by atoms with Gasteiger partial charge in [-0.05, 0) is 19.1 Å². The summed E-state index contributed by atoms with van der Waals surface area (Å²) in [6.45, 7) is 1.97. The molecule has 11 heavy (non-hydrogen) atoms. The van der Waals surface area contributed by atoms with Crippen LogP contribution in [-0.4, -0.2) is 9.38 Å². The number of pyridine rings is 1. The lowest BCUT2D eigenvalue weighted by molar-refractivity contribution is 1.15. The molecule has 3 heteroatoms. The van der Waals surface area contributed by atoms with Gasteiger partial charge in [-0.3, -0.25) is 0 Å². The number of hydrogen-bond acceptors (Lipinski definition) is 2. The van der Waals surface area contributed by atoms with Crippen molar-refractivity contribution in [1.82, 2.24) is 9.38 Å². The van der Waals surface area contributed by atoms with E-state index >= 15 is 0 Å². The molecule has 0 amide bonds. The summed E-state index contributed by atoms with van der Waals surface area (Å²) >= 11 is 0. The van der Waals surface area contributed by atoms with Gasteiger partial charge in [0, 0.05) is 11.9 Å². The zero-order valence-electron chi connectivity index (χ0n) is 6.28. The van der Waals surface area contributed by atoms with Crippen molar-refractivity contribution in [1.29, 1.82) is 0 Å². The highest BCUT2D eigenvalue weighted by molar-refractivity contribution is 5.59. The molecule has 2 aromatic heterocycles. The molecule has 0 unspecified atom stereocenters. The number of anilines is 1. The van der Waals surface area contributed by atoms with Gasteiger partial charge in [0.2, 0.25) is 0 Å². The fraction of sp³-hybridized carbons (Fsp3) is 0.125. The monoisotopic (exact) mass is 147 g/mol. The second-order valence-corrected chi connectivity index (χ2v) is 2.58. The summed E-state index contributed by atoms with van der Waals surface area (Å²) in [7, 11) is 0. The van der Waals surface area contributed by atoms with Gasteiger partial charge in [0.1, 0.15) is 0 Å². The van der Waals surface area contributed by atoms with Gasteiger partial charge in [-0.25, -0.2) is 4.98 Å². The van der Waals surface area contributed by atoms with Crippen LogP contribution in [0.25, 0.3) is 5.52 Å². The zero-order chi connectivity index (χ0) is 7.84. The summed E-state index contributed by atoms with van der Waals surface area (Å²) in [5, 5.41) is 0. The number of rotatable bonds is 0. The number of fused-ring (bicyclic) bond motifs is 1. The van der Waals surface area contributed by atoms with Crippen LogP contribution in [0.2, 0.25) is 0 Å². The van der Waals surface area contributed by atoms with Gasteiger partial charge in [0.25, 0.3) is 0 Å². The van der Waals surface area contributed by atoms with E-state index in [1.165, 1.54) is 0 Å². The molecule has 0 spiro atoms. The van der Waals surface area contributed by atoms with Crippen LogP contribution in [0.4, 0.5) is 5.69 Å². The SMILES string of the molecule is Cc1ncn2ccc(N)cc12. The summed E-state index contributed by atoms with van der Waals surface area (Å²) in [5.74, 6) is 0. The standard InChI is InChI=1S/C8H9N3/c1-6-8-4-7(9)2-3-11(8)5-10-6/h2-5H,9H2,1H3. The first kappa shape index (κ1) is 6.22. The fourth-order valence-electron chi connectivity index (χ4n) is 1.13. The van der Waals surface area contributed by atoms with Gasteiger partial charge < -0.3 is 10.1 Å². The number of nitrogens with two attached hydrogens (primary N) is 1. The molecule has 0 fully saturated rings. The third kappa shape index (κ3) is 0.852. The zero-order valence-corrected chi connectivity index (χ0v) is 6.28. The molecule has 0 bridgehead atoms. The fourth-order valence-corrected chi connectivity index (χ4v) is 1.13. The molecule has 0 atom stereocenters. The maximum Gasteiger partial charge on any atom is 0.0995 e. The molecule has 0 aliphatic heterocycles. The summed E-state index contributed by atoms with van der Waals surface area (Å²) in [6, 6.07) is 3.77. The molecule has 0 saturated heterocycles. The predicted octanol–water partition coefficient (Wildman–Crippen LogP) is 1.22. The molecule has 2 N–H and O–H groups in total. The van der Waals surface area contributed by atoms with Crippen LogP contribution in [-0.2, 0) is 0 Å². The molecule has 2 rings (SSSR count). The number of hydrogen-bond donors (Lipinski definition) is 1. The Kier molecular flexibility index (Phi) is 1.12. The number of aryl methyl sites for hydroxylation is 1. The molecule has 0 radical (unpaired) electrons. The first-order chi connectivity index (χ1) is 5.27. The average Bonchev–Trinajstić information content (AvgIpc) is 2.33. The maximum atomic E-state index is 5.61. The summed E-state index contributed by atoms with van der Waals surface area (Å²) in [4.78, 5) is 4.14. The highest BCUT2D eigenvalue weighted by atomic mass is 15.0. The molecule has 2 aromatic rings. The number of nitrogens with zero attached hydrogens (tertiary/aromatic N) is 2. The van der Waals surface area contributed by atoms with Gasteiger partial charge in [0.05, 0.1) is 17.5 Å². The van der Waals surface area contributed by atoms with E-state index in [0.717, 1.165) is 16.9 Å². The Bertz CT molecular complexity index is 389. The quantitative estimate of drug-likeness (QED) is 0.609. The Hall–Kier alpha value is -1.51. The first-order valence-corrected chi connectivity index (χ1v) is 3.46. The Balaban J connectivity index is 2.87. The van der Waals surface area contributed by atoms with E-state index in [1.807, 2.05) is 29.7 Å². The normalized spacial score (nSPS) is 10.6. The van der Waals surface area contributed by atoms with Crippen molar-refractivity contribution in [2.45, 2.75) is 6.92 Å². The smallest absolute Gasteiger partial charge is 0.0995 e. The van der Waals surface area contributed by atoms with Crippen molar-refractivity contribution in [3.05, 3.63) is 30.4 Å².